The highest BCUT2D eigenvalue weighted by molar-refractivity contribution is 5.94. The number of ketones is 1. The summed E-state index contributed by atoms with van der Waals surface area (Å²) in [5.74, 6) is 0.0564. The molecule has 6 nitrogen and oxygen atoms in total. The molecule has 1 amide bonds. The highest BCUT2D eigenvalue weighted by atomic mass is 16.2. The van der Waals surface area contributed by atoms with Crippen LogP contribution in [-0.2, 0) is 4.79 Å². The summed E-state index contributed by atoms with van der Waals surface area (Å²) in [6.07, 6.45) is 0. The van der Waals surface area contributed by atoms with Crippen LogP contribution in [0.5, 0.6) is 0 Å². The quantitative estimate of drug-likeness (QED) is 0.733. The lowest BCUT2D eigenvalue weighted by Crippen LogP contribution is -3.16. The van der Waals surface area contributed by atoms with E-state index in [1.807, 2.05) is 38.1 Å². The van der Waals surface area contributed by atoms with Crippen LogP contribution in [0.3, 0.4) is 0 Å². The third-order valence-corrected chi connectivity index (χ3v) is 5.31. The van der Waals surface area contributed by atoms with E-state index in [2.05, 4.69) is 16.3 Å². The van der Waals surface area contributed by atoms with E-state index < -0.39 is 5.54 Å². The van der Waals surface area contributed by atoms with Crippen LogP contribution >= 0.6 is 0 Å². The number of hydrogen-bond donors (Lipinski definition) is 2. The normalized spacial score (nSPS) is 17.5. The summed E-state index contributed by atoms with van der Waals surface area (Å²) in [7, 11) is 0. The number of carbonyl (C=O) groups excluding carboxylic acids is 2. The third-order valence-electron chi connectivity index (χ3n) is 5.31. The standard InChI is InChI=1S/C20H28N4O2/c1-15(2)20(4,14-21)22-19(26)13-23-9-11-24(12-10-23)18-7-5-17(6-8-18)16(3)25/h5-8,15H,9-13H2,1-4H3,(H,22,26)/p+1/t20-/m0/s1. The number of anilines is 1. The Labute approximate surface area is 155 Å². The Hall–Kier alpha value is -2.39. The fraction of sp³-hybridized carbons (Fsp3) is 0.550. The first-order chi connectivity index (χ1) is 12.2. The zero-order chi connectivity index (χ0) is 19.3. The van der Waals surface area contributed by atoms with Gasteiger partial charge in [-0.1, -0.05) is 13.8 Å². The van der Waals surface area contributed by atoms with Crippen LogP contribution in [0.15, 0.2) is 24.3 Å². The Bertz CT molecular complexity index is 685. The lowest BCUT2D eigenvalue weighted by molar-refractivity contribution is -0.892. The second-order valence-electron chi connectivity index (χ2n) is 7.53. The molecule has 1 atom stereocenters. The lowest BCUT2D eigenvalue weighted by atomic mass is 9.90. The Morgan fingerprint density at radius 3 is 2.31 bits per heavy atom. The predicted octanol–water partition coefficient (Wildman–Crippen LogP) is 0.649. The molecule has 0 unspecified atom stereocenters. The van der Waals surface area contributed by atoms with Crippen LogP contribution in [0.1, 0.15) is 38.1 Å². The Morgan fingerprint density at radius 2 is 1.85 bits per heavy atom. The highest BCUT2D eigenvalue weighted by Crippen LogP contribution is 2.16. The molecule has 1 aliphatic heterocycles. The highest BCUT2D eigenvalue weighted by Gasteiger charge is 2.31. The van der Waals surface area contributed by atoms with Gasteiger partial charge in [0.15, 0.2) is 12.3 Å². The van der Waals surface area contributed by atoms with E-state index in [9.17, 15) is 14.9 Å². The fourth-order valence-corrected chi connectivity index (χ4v) is 3.03. The fourth-order valence-electron chi connectivity index (χ4n) is 3.03. The monoisotopic (exact) mass is 357 g/mol. The van der Waals surface area contributed by atoms with Crippen molar-refractivity contribution >= 4 is 17.4 Å². The van der Waals surface area contributed by atoms with Crippen LogP contribution < -0.4 is 15.1 Å². The molecule has 1 aromatic carbocycles. The van der Waals surface area contributed by atoms with Gasteiger partial charge in [0.1, 0.15) is 5.54 Å². The minimum atomic E-state index is -0.823. The van der Waals surface area contributed by atoms with Gasteiger partial charge in [0.2, 0.25) is 0 Å². The van der Waals surface area contributed by atoms with Crippen molar-refractivity contribution in [3.8, 4) is 6.07 Å². The van der Waals surface area contributed by atoms with Crippen molar-refractivity contribution in [2.75, 3.05) is 37.6 Å². The number of rotatable bonds is 6. The summed E-state index contributed by atoms with van der Waals surface area (Å²) in [5, 5.41) is 12.2. The molecule has 0 bridgehead atoms. The average Bonchev–Trinajstić information content (AvgIpc) is 2.62. The SMILES string of the molecule is CC(=O)c1ccc(N2CC[NH+](CC(=O)N[C@@](C)(C#N)C(C)C)CC2)cc1. The first-order valence-corrected chi connectivity index (χ1v) is 9.17. The Balaban J connectivity index is 1.85. The number of Topliss-reactive ketones (excluding diaryl/α,β-unsaturated/α-hetero) is 1. The van der Waals surface area contributed by atoms with Crippen molar-refractivity contribution in [2.45, 2.75) is 33.2 Å². The summed E-state index contributed by atoms with van der Waals surface area (Å²) < 4.78 is 0. The van der Waals surface area contributed by atoms with Crippen molar-refractivity contribution < 1.29 is 14.5 Å². The molecule has 140 valence electrons. The second kappa shape index (κ2) is 8.33. The van der Waals surface area contributed by atoms with Gasteiger partial charge in [-0.15, -0.1) is 0 Å². The molecule has 1 fully saturated rings. The van der Waals surface area contributed by atoms with Gasteiger partial charge < -0.3 is 15.1 Å². The number of hydrogen-bond acceptors (Lipinski definition) is 4. The van der Waals surface area contributed by atoms with Gasteiger partial charge in [-0.2, -0.15) is 5.26 Å². The van der Waals surface area contributed by atoms with Gasteiger partial charge in [0.05, 0.1) is 32.2 Å². The van der Waals surface area contributed by atoms with E-state index >= 15 is 0 Å². The summed E-state index contributed by atoms with van der Waals surface area (Å²) in [4.78, 5) is 27.2. The van der Waals surface area contributed by atoms with E-state index in [4.69, 9.17) is 0 Å². The Kier molecular flexibility index (Phi) is 6.38. The van der Waals surface area contributed by atoms with Gasteiger partial charge in [-0.3, -0.25) is 9.59 Å². The first-order valence-electron chi connectivity index (χ1n) is 9.17. The molecule has 2 rings (SSSR count). The zero-order valence-electron chi connectivity index (χ0n) is 16.1. The maximum Gasteiger partial charge on any atom is 0.276 e. The van der Waals surface area contributed by atoms with E-state index in [0.29, 0.717) is 6.54 Å². The summed E-state index contributed by atoms with van der Waals surface area (Å²) in [5.41, 5.74) is 1.01. The molecule has 0 radical (unpaired) electrons. The van der Waals surface area contributed by atoms with Crippen molar-refractivity contribution in [2.24, 2.45) is 5.92 Å². The molecule has 1 aromatic rings. The van der Waals surface area contributed by atoms with Gasteiger partial charge in [-0.05, 0) is 44.0 Å². The summed E-state index contributed by atoms with van der Waals surface area (Å²) >= 11 is 0. The number of nitrogens with one attached hydrogen (secondary N) is 2. The smallest absolute Gasteiger partial charge is 0.276 e. The molecule has 0 saturated carbocycles. The molecule has 1 aliphatic rings. The van der Waals surface area contributed by atoms with Gasteiger partial charge >= 0.3 is 0 Å². The van der Waals surface area contributed by atoms with Crippen LogP contribution in [-0.4, -0.2) is 50.0 Å². The van der Waals surface area contributed by atoms with Crippen molar-refractivity contribution in [3.05, 3.63) is 29.8 Å². The number of carbonyl (C=O) groups is 2. The topological polar surface area (TPSA) is 77.6 Å². The van der Waals surface area contributed by atoms with Gasteiger partial charge in [0.25, 0.3) is 5.91 Å². The van der Waals surface area contributed by atoms with E-state index in [-0.39, 0.29) is 17.6 Å². The van der Waals surface area contributed by atoms with Crippen LogP contribution in [0.25, 0.3) is 0 Å². The van der Waals surface area contributed by atoms with Crippen LogP contribution in [0, 0.1) is 17.2 Å². The first kappa shape index (κ1) is 19.9. The molecule has 0 aromatic heterocycles. The maximum atomic E-state index is 12.3. The predicted molar refractivity (Wildman–Crippen MR) is 101 cm³/mol. The Morgan fingerprint density at radius 1 is 1.27 bits per heavy atom. The van der Waals surface area contributed by atoms with Crippen molar-refractivity contribution in [1.82, 2.24) is 5.32 Å². The van der Waals surface area contributed by atoms with Crippen LogP contribution in [0.2, 0.25) is 0 Å². The lowest BCUT2D eigenvalue weighted by Gasteiger charge is -2.34. The average molecular weight is 357 g/mol. The molecular formula is C20H29N4O2+. The van der Waals surface area contributed by atoms with Gasteiger partial charge in [0, 0.05) is 11.3 Å². The molecule has 0 aliphatic carbocycles. The van der Waals surface area contributed by atoms with Crippen molar-refractivity contribution in [3.63, 3.8) is 0 Å². The zero-order valence-corrected chi connectivity index (χ0v) is 16.1. The largest absolute Gasteiger partial charge is 0.360 e. The minimum absolute atomic E-state index is 0.0567. The molecule has 0 spiro atoms. The van der Waals surface area contributed by atoms with E-state index in [1.165, 1.54) is 4.90 Å². The minimum Gasteiger partial charge on any atom is -0.360 e. The molecule has 26 heavy (non-hydrogen) atoms. The van der Waals surface area contributed by atoms with Gasteiger partial charge in [-0.25, -0.2) is 0 Å². The third kappa shape index (κ3) is 4.83. The maximum absolute atomic E-state index is 12.3. The number of nitrogens with zero attached hydrogens (tertiary/aromatic N) is 2. The van der Waals surface area contributed by atoms with E-state index in [1.54, 1.807) is 13.8 Å². The number of piperazine rings is 1. The number of quaternary nitrogens is 1. The number of nitriles is 1. The summed E-state index contributed by atoms with van der Waals surface area (Å²) in [6.45, 7) is 11.1. The van der Waals surface area contributed by atoms with Crippen LogP contribution in [0.4, 0.5) is 5.69 Å². The molecule has 6 heteroatoms. The molecular weight excluding hydrogens is 328 g/mol. The number of amides is 1. The molecule has 1 heterocycles. The molecule has 1 saturated heterocycles. The molecule has 2 N–H and O–H groups in total. The second-order valence-corrected chi connectivity index (χ2v) is 7.53. The van der Waals surface area contributed by atoms with Crippen molar-refractivity contribution in [1.29, 1.82) is 5.26 Å². The van der Waals surface area contributed by atoms with E-state index in [0.717, 1.165) is 37.4 Å². The number of benzene rings is 1. The summed E-state index contributed by atoms with van der Waals surface area (Å²) in [6, 6.07) is 9.90.